The zero-order valence-corrected chi connectivity index (χ0v) is 12.4. The number of benzene rings is 2. The number of hydrogen-bond donors (Lipinski definition) is 0. The summed E-state index contributed by atoms with van der Waals surface area (Å²) in [6, 6.07) is 9.82. The highest BCUT2D eigenvalue weighted by molar-refractivity contribution is 9.10. The highest BCUT2D eigenvalue weighted by atomic mass is 79.9. The van der Waals surface area contributed by atoms with E-state index in [1.165, 1.54) is 0 Å². The van der Waals surface area contributed by atoms with Gasteiger partial charge < -0.3 is 9.47 Å². The monoisotopic (exact) mass is 356 g/mol. The summed E-state index contributed by atoms with van der Waals surface area (Å²) < 4.78 is 37.2. The lowest BCUT2D eigenvalue weighted by Crippen LogP contribution is -2.13. The molecule has 3 nitrogen and oxygen atoms in total. The number of hydrogen-bond acceptors (Lipinski definition) is 3. The molecule has 0 atom stereocenters. The first kappa shape index (κ1) is 15.4. The molecule has 0 aliphatic heterocycles. The maximum Gasteiger partial charge on any atom is 0.341 e. The average Bonchev–Trinajstić information content (AvgIpc) is 2.45. The first-order valence-corrected chi connectivity index (χ1v) is 6.86. The van der Waals surface area contributed by atoms with Gasteiger partial charge in [0.15, 0.2) is 0 Å². The Kier molecular flexibility index (Phi) is 5.27. The second-order valence-electron chi connectivity index (χ2n) is 4.06. The minimum Gasteiger partial charge on any atom is -0.490 e. The third-order valence-electron chi connectivity index (χ3n) is 2.55. The minimum absolute atomic E-state index is 0.0360. The largest absolute Gasteiger partial charge is 0.490 e. The van der Waals surface area contributed by atoms with Crippen molar-refractivity contribution in [3.05, 3.63) is 64.1 Å². The van der Waals surface area contributed by atoms with Gasteiger partial charge in [-0.1, -0.05) is 15.9 Å². The van der Waals surface area contributed by atoms with E-state index in [2.05, 4.69) is 15.9 Å². The van der Waals surface area contributed by atoms with Gasteiger partial charge in [0.2, 0.25) is 0 Å². The Bertz CT molecular complexity index is 629. The Morgan fingerprint density at radius 1 is 1.05 bits per heavy atom. The molecule has 110 valence electrons. The van der Waals surface area contributed by atoms with Crippen LogP contribution in [-0.4, -0.2) is 19.2 Å². The zero-order chi connectivity index (χ0) is 15.2. The van der Waals surface area contributed by atoms with Crippen LogP contribution in [0.2, 0.25) is 0 Å². The van der Waals surface area contributed by atoms with Crippen molar-refractivity contribution in [2.24, 2.45) is 0 Å². The smallest absolute Gasteiger partial charge is 0.341 e. The predicted octanol–water partition coefficient (Wildman–Crippen LogP) is 3.96. The molecule has 0 bridgehead atoms. The molecule has 0 unspecified atom stereocenters. The normalized spacial score (nSPS) is 10.2. The first-order valence-electron chi connectivity index (χ1n) is 6.07. The highest BCUT2D eigenvalue weighted by Crippen LogP contribution is 2.16. The quantitative estimate of drug-likeness (QED) is 0.600. The van der Waals surface area contributed by atoms with Gasteiger partial charge in [0.1, 0.15) is 30.6 Å². The van der Waals surface area contributed by atoms with E-state index in [-0.39, 0.29) is 18.8 Å². The van der Waals surface area contributed by atoms with Gasteiger partial charge in [-0.2, -0.15) is 0 Å². The fraction of sp³-hybridized carbons (Fsp3) is 0.133. The van der Waals surface area contributed by atoms with Crippen molar-refractivity contribution in [2.75, 3.05) is 13.2 Å². The molecule has 0 aliphatic carbocycles. The third-order valence-corrected chi connectivity index (χ3v) is 3.08. The average molecular weight is 357 g/mol. The highest BCUT2D eigenvalue weighted by Gasteiger charge is 2.13. The number of esters is 1. The fourth-order valence-electron chi connectivity index (χ4n) is 1.56. The van der Waals surface area contributed by atoms with Gasteiger partial charge in [0.25, 0.3) is 0 Å². The molecule has 0 aromatic heterocycles. The van der Waals surface area contributed by atoms with Gasteiger partial charge in [-0.05, 0) is 36.4 Å². The zero-order valence-electron chi connectivity index (χ0n) is 10.8. The lowest BCUT2D eigenvalue weighted by Gasteiger charge is -2.08. The third kappa shape index (κ3) is 4.53. The molecule has 0 aliphatic rings. The van der Waals surface area contributed by atoms with Crippen LogP contribution in [-0.2, 0) is 4.74 Å². The van der Waals surface area contributed by atoms with E-state index in [4.69, 9.17) is 9.47 Å². The van der Waals surface area contributed by atoms with Crippen LogP contribution in [0.4, 0.5) is 8.78 Å². The molecule has 0 amide bonds. The summed E-state index contributed by atoms with van der Waals surface area (Å²) in [4.78, 5) is 11.6. The summed E-state index contributed by atoms with van der Waals surface area (Å²) in [6.45, 7) is 0.0991. The van der Waals surface area contributed by atoms with E-state index in [1.807, 2.05) is 12.1 Å². The Balaban J connectivity index is 1.80. The van der Waals surface area contributed by atoms with Crippen molar-refractivity contribution in [3.63, 3.8) is 0 Å². The maximum absolute atomic E-state index is 13.3. The van der Waals surface area contributed by atoms with Crippen LogP contribution in [0.1, 0.15) is 10.4 Å². The number of ether oxygens (including phenoxy) is 2. The van der Waals surface area contributed by atoms with E-state index in [9.17, 15) is 13.6 Å². The molecule has 2 aromatic carbocycles. The molecule has 0 fully saturated rings. The van der Waals surface area contributed by atoms with E-state index in [1.54, 1.807) is 12.1 Å². The molecule has 0 heterocycles. The number of carbonyl (C=O) groups is 1. The molecule has 0 spiro atoms. The molecular weight excluding hydrogens is 346 g/mol. The van der Waals surface area contributed by atoms with Gasteiger partial charge in [0, 0.05) is 10.5 Å². The lowest BCUT2D eigenvalue weighted by atomic mass is 10.2. The van der Waals surface area contributed by atoms with Crippen molar-refractivity contribution in [1.82, 2.24) is 0 Å². The summed E-state index contributed by atoms with van der Waals surface area (Å²) in [5.41, 5.74) is -0.306. The molecular formula is C15H11BrF2O3. The van der Waals surface area contributed by atoms with Crippen LogP contribution in [0.25, 0.3) is 0 Å². The number of halogens is 3. The van der Waals surface area contributed by atoms with Crippen LogP contribution in [0.5, 0.6) is 5.75 Å². The van der Waals surface area contributed by atoms with E-state index < -0.39 is 17.6 Å². The van der Waals surface area contributed by atoms with Crippen LogP contribution >= 0.6 is 15.9 Å². The Morgan fingerprint density at radius 2 is 1.76 bits per heavy atom. The van der Waals surface area contributed by atoms with Crippen LogP contribution < -0.4 is 4.74 Å². The standard InChI is InChI=1S/C15H11BrF2O3/c16-10-1-4-12(5-2-10)20-7-8-21-15(19)13-6-3-11(17)9-14(13)18/h1-6,9H,7-8H2. The Labute approximate surface area is 128 Å². The molecule has 0 saturated heterocycles. The Morgan fingerprint density at radius 3 is 2.43 bits per heavy atom. The second kappa shape index (κ2) is 7.17. The van der Waals surface area contributed by atoms with Crippen molar-refractivity contribution in [3.8, 4) is 5.75 Å². The van der Waals surface area contributed by atoms with Gasteiger partial charge in [0.05, 0.1) is 5.56 Å². The molecule has 21 heavy (non-hydrogen) atoms. The van der Waals surface area contributed by atoms with Crippen molar-refractivity contribution >= 4 is 21.9 Å². The van der Waals surface area contributed by atoms with Crippen LogP contribution in [0.3, 0.4) is 0 Å². The van der Waals surface area contributed by atoms with E-state index in [0.29, 0.717) is 11.8 Å². The van der Waals surface area contributed by atoms with E-state index >= 15 is 0 Å². The molecule has 0 N–H and O–H groups in total. The molecule has 2 rings (SSSR count). The van der Waals surface area contributed by atoms with Crippen molar-refractivity contribution in [2.45, 2.75) is 0 Å². The van der Waals surface area contributed by atoms with E-state index in [0.717, 1.165) is 16.6 Å². The van der Waals surface area contributed by atoms with Gasteiger partial charge in [-0.3, -0.25) is 0 Å². The Hall–Kier alpha value is -1.95. The fourth-order valence-corrected chi connectivity index (χ4v) is 1.82. The number of carbonyl (C=O) groups excluding carboxylic acids is 1. The first-order chi connectivity index (χ1) is 10.1. The molecule has 6 heteroatoms. The SMILES string of the molecule is O=C(OCCOc1ccc(Br)cc1)c1ccc(F)cc1F. The van der Waals surface area contributed by atoms with Gasteiger partial charge >= 0.3 is 5.97 Å². The maximum atomic E-state index is 13.3. The van der Waals surface area contributed by atoms with Gasteiger partial charge in [-0.15, -0.1) is 0 Å². The van der Waals surface area contributed by atoms with Crippen molar-refractivity contribution in [1.29, 1.82) is 0 Å². The summed E-state index contributed by atoms with van der Waals surface area (Å²) in [7, 11) is 0. The molecule has 0 saturated carbocycles. The van der Waals surface area contributed by atoms with Crippen LogP contribution in [0, 0.1) is 11.6 Å². The summed E-state index contributed by atoms with van der Waals surface area (Å²) in [5, 5.41) is 0. The molecule has 0 radical (unpaired) electrons. The van der Waals surface area contributed by atoms with Crippen molar-refractivity contribution < 1.29 is 23.0 Å². The predicted molar refractivity (Wildman–Crippen MR) is 76.3 cm³/mol. The molecule has 2 aromatic rings. The van der Waals surface area contributed by atoms with Gasteiger partial charge in [-0.25, -0.2) is 13.6 Å². The van der Waals surface area contributed by atoms with Crippen LogP contribution in [0.15, 0.2) is 46.9 Å². The summed E-state index contributed by atoms with van der Waals surface area (Å²) >= 11 is 3.30. The lowest BCUT2D eigenvalue weighted by molar-refractivity contribution is 0.0445. The topological polar surface area (TPSA) is 35.5 Å². The number of rotatable bonds is 5. The minimum atomic E-state index is -0.950. The second-order valence-corrected chi connectivity index (χ2v) is 4.98. The summed E-state index contributed by atoms with van der Waals surface area (Å²) in [5.74, 6) is -1.93. The summed E-state index contributed by atoms with van der Waals surface area (Å²) in [6.07, 6.45) is 0.